The molecule has 1 saturated heterocycles. The number of esters is 1. The first-order chi connectivity index (χ1) is 9.49. The van der Waals surface area contributed by atoms with Crippen LogP contribution in [0.3, 0.4) is 0 Å². The van der Waals surface area contributed by atoms with E-state index in [1.54, 1.807) is 25.1 Å². The average Bonchev–Trinajstić information content (AvgIpc) is 2.77. The van der Waals surface area contributed by atoms with Crippen molar-refractivity contribution in [3.63, 3.8) is 0 Å². The van der Waals surface area contributed by atoms with E-state index in [1.807, 2.05) is 6.92 Å². The molecule has 1 aliphatic rings. The zero-order chi connectivity index (χ0) is 14.7. The van der Waals surface area contributed by atoms with Gasteiger partial charge in [-0.1, -0.05) is 13.0 Å². The third-order valence-electron chi connectivity index (χ3n) is 3.46. The molecule has 0 aliphatic carbocycles. The second kappa shape index (κ2) is 6.05. The summed E-state index contributed by atoms with van der Waals surface area (Å²) >= 11 is 0. The van der Waals surface area contributed by atoms with Crippen LogP contribution in [0.2, 0.25) is 0 Å². The number of nitrogens with one attached hydrogen (secondary N) is 1. The number of benzene rings is 1. The van der Waals surface area contributed by atoms with Crippen LogP contribution in [0.1, 0.15) is 29.8 Å². The van der Waals surface area contributed by atoms with Crippen LogP contribution < -0.4 is 10.1 Å². The van der Waals surface area contributed by atoms with Crippen LogP contribution in [0.4, 0.5) is 0 Å². The van der Waals surface area contributed by atoms with Gasteiger partial charge in [0.2, 0.25) is 0 Å². The van der Waals surface area contributed by atoms with Gasteiger partial charge in [0.15, 0.2) is 0 Å². The summed E-state index contributed by atoms with van der Waals surface area (Å²) in [7, 11) is 0. The molecule has 0 aromatic heterocycles. The molecule has 1 aromatic carbocycles. The highest BCUT2D eigenvalue weighted by Crippen LogP contribution is 2.22. The van der Waals surface area contributed by atoms with Crippen molar-refractivity contribution in [1.29, 1.82) is 0 Å². The molecular formula is C15H19NO4. The Labute approximate surface area is 118 Å². The van der Waals surface area contributed by atoms with Crippen molar-refractivity contribution in [3.05, 3.63) is 29.3 Å². The zero-order valence-electron chi connectivity index (χ0n) is 11.9. The highest BCUT2D eigenvalue weighted by atomic mass is 16.5. The molecule has 5 nitrogen and oxygen atoms in total. The van der Waals surface area contributed by atoms with Crippen LogP contribution in [0.25, 0.3) is 0 Å². The number of hydrogen-bond donors (Lipinski definition) is 1. The van der Waals surface area contributed by atoms with E-state index in [-0.39, 0.29) is 11.9 Å². The van der Waals surface area contributed by atoms with Crippen LogP contribution in [0.15, 0.2) is 18.2 Å². The lowest BCUT2D eigenvalue weighted by Gasteiger charge is -2.17. The lowest BCUT2D eigenvalue weighted by atomic mass is 10.0. The Bertz CT molecular complexity index is 527. The van der Waals surface area contributed by atoms with Gasteiger partial charge < -0.3 is 14.8 Å². The first kappa shape index (κ1) is 14.5. The SMILES string of the molecule is CC(=O)Oc1cccc(C(=O)N[C@H]2COC[C@@H]2C)c1C. The summed E-state index contributed by atoms with van der Waals surface area (Å²) in [6.07, 6.45) is 0. The number of carbonyl (C=O) groups excluding carboxylic acids is 2. The largest absolute Gasteiger partial charge is 0.426 e. The molecule has 108 valence electrons. The highest BCUT2D eigenvalue weighted by Gasteiger charge is 2.26. The smallest absolute Gasteiger partial charge is 0.308 e. The summed E-state index contributed by atoms with van der Waals surface area (Å²) in [5.74, 6) is 0.152. The number of amides is 1. The topological polar surface area (TPSA) is 64.6 Å². The number of ether oxygens (including phenoxy) is 2. The van der Waals surface area contributed by atoms with Crippen LogP contribution in [0, 0.1) is 12.8 Å². The summed E-state index contributed by atoms with van der Waals surface area (Å²) in [5, 5.41) is 2.96. The van der Waals surface area contributed by atoms with Gasteiger partial charge in [-0.3, -0.25) is 9.59 Å². The monoisotopic (exact) mass is 277 g/mol. The Kier molecular flexibility index (Phi) is 4.39. The second-order valence-corrected chi connectivity index (χ2v) is 5.12. The molecule has 0 bridgehead atoms. The van der Waals surface area contributed by atoms with E-state index in [4.69, 9.17) is 9.47 Å². The maximum Gasteiger partial charge on any atom is 0.308 e. The Morgan fingerprint density at radius 3 is 2.70 bits per heavy atom. The molecule has 2 rings (SSSR count). The van der Waals surface area contributed by atoms with E-state index in [0.717, 1.165) is 0 Å². The van der Waals surface area contributed by atoms with Crippen molar-refractivity contribution < 1.29 is 19.1 Å². The van der Waals surface area contributed by atoms with E-state index in [1.165, 1.54) is 6.92 Å². The molecular weight excluding hydrogens is 258 g/mol. The first-order valence-electron chi connectivity index (χ1n) is 6.65. The summed E-state index contributed by atoms with van der Waals surface area (Å²) in [5.41, 5.74) is 1.18. The molecule has 1 N–H and O–H groups in total. The Balaban J connectivity index is 2.15. The molecule has 1 aliphatic heterocycles. The summed E-state index contributed by atoms with van der Waals surface area (Å²) < 4.78 is 10.4. The van der Waals surface area contributed by atoms with E-state index in [9.17, 15) is 9.59 Å². The lowest BCUT2D eigenvalue weighted by Crippen LogP contribution is -2.39. The maximum atomic E-state index is 12.3. The number of hydrogen-bond acceptors (Lipinski definition) is 4. The van der Waals surface area contributed by atoms with Crippen molar-refractivity contribution in [2.24, 2.45) is 5.92 Å². The minimum absolute atomic E-state index is 0.0271. The molecule has 20 heavy (non-hydrogen) atoms. The fourth-order valence-corrected chi connectivity index (χ4v) is 2.22. The van der Waals surface area contributed by atoms with Crippen LogP contribution in [0.5, 0.6) is 5.75 Å². The molecule has 2 atom stereocenters. The third-order valence-corrected chi connectivity index (χ3v) is 3.46. The molecule has 1 heterocycles. The third kappa shape index (κ3) is 3.17. The van der Waals surface area contributed by atoms with Gasteiger partial charge in [-0.2, -0.15) is 0 Å². The van der Waals surface area contributed by atoms with E-state index < -0.39 is 5.97 Å². The minimum atomic E-state index is -0.400. The Morgan fingerprint density at radius 1 is 1.35 bits per heavy atom. The fourth-order valence-electron chi connectivity index (χ4n) is 2.22. The van der Waals surface area contributed by atoms with Gasteiger partial charge in [-0.05, 0) is 19.1 Å². The van der Waals surface area contributed by atoms with Crippen molar-refractivity contribution in [2.75, 3.05) is 13.2 Å². The second-order valence-electron chi connectivity index (χ2n) is 5.12. The van der Waals surface area contributed by atoms with Crippen LogP contribution in [-0.2, 0) is 9.53 Å². The van der Waals surface area contributed by atoms with E-state index in [0.29, 0.717) is 36.0 Å². The Morgan fingerprint density at radius 2 is 2.10 bits per heavy atom. The molecule has 0 saturated carbocycles. The quantitative estimate of drug-likeness (QED) is 0.674. The lowest BCUT2D eigenvalue weighted by molar-refractivity contribution is -0.131. The standard InChI is InChI=1S/C15H19NO4/c1-9-7-19-8-13(9)16-15(18)12-5-4-6-14(10(12)2)20-11(3)17/h4-6,9,13H,7-8H2,1-3H3,(H,16,18)/t9-,13-/m0/s1. The summed E-state index contributed by atoms with van der Waals surface area (Å²) in [6.45, 7) is 6.35. The normalized spacial score (nSPS) is 21.6. The highest BCUT2D eigenvalue weighted by molar-refractivity contribution is 5.96. The van der Waals surface area contributed by atoms with Gasteiger partial charge >= 0.3 is 5.97 Å². The molecule has 0 spiro atoms. The van der Waals surface area contributed by atoms with E-state index in [2.05, 4.69) is 5.32 Å². The van der Waals surface area contributed by atoms with Crippen molar-refractivity contribution in [1.82, 2.24) is 5.32 Å². The van der Waals surface area contributed by atoms with Crippen LogP contribution >= 0.6 is 0 Å². The van der Waals surface area contributed by atoms with Gasteiger partial charge in [0.05, 0.1) is 19.3 Å². The average molecular weight is 277 g/mol. The van der Waals surface area contributed by atoms with Crippen molar-refractivity contribution in [2.45, 2.75) is 26.8 Å². The minimum Gasteiger partial charge on any atom is -0.426 e. The van der Waals surface area contributed by atoms with Gasteiger partial charge in [-0.25, -0.2) is 0 Å². The summed E-state index contributed by atoms with van der Waals surface area (Å²) in [6, 6.07) is 5.13. The van der Waals surface area contributed by atoms with Crippen molar-refractivity contribution >= 4 is 11.9 Å². The number of carbonyl (C=O) groups is 2. The van der Waals surface area contributed by atoms with Crippen molar-refractivity contribution in [3.8, 4) is 5.75 Å². The zero-order valence-corrected chi connectivity index (χ0v) is 11.9. The molecule has 1 aromatic rings. The van der Waals surface area contributed by atoms with Gasteiger partial charge in [0.25, 0.3) is 5.91 Å². The molecule has 1 fully saturated rings. The predicted octanol–water partition coefficient (Wildman–Crippen LogP) is 1.69. The summed E-state index contributed by atoms with van der Waals surface area (Å²) in [4.78, 5) is 23.3. The fraction of sp³-hybridized carbons (Fsp3) is 0.467. The molecule has 5 heteroatoms. The van der Waals surface area contributed by atoms with Gasteiger partial charge in [0.1, 0.15) is 5.75 Å². The molecule has 0 unspecified atom stereocenters. The van der Waals surface area contributed by atoms with Crippen LogP contribution in [-0.4, -0.2) is 31.1 Å². The molecule has 0 radical (unpaired) electrons. The Hall–Kier alpha value is -1.88. The first-order valence-corrected chi connectivity index (χ1v) is 6.65. The van der Waals surface area contributed by atoms with Gasteiger partial charge in [0, 0.05) is 24.0 Å². The van der Waals surface area contributed by atoms with Gasteiger partial charge in [-0.15, -0.1) is 0 Å². The molecule has 1 amide bonds. The predicted molar refractivity (Wildman–Crippen MR) is 73.7 cm³/mol. The number of rotatable bonds is 3. The van der Waals surface area contributed by atoms with E-state index >= 15 is 0 Å². The maximum absolute atomic E-state index is 12.3.